The molecule has 3 aromatic carbocycles. The maximum atomic E-state index is 11.8. The number of hydrogen-bond donors (Lipinski definition) is 1. The van der Waals surface area contributed by atoms with Crippen molar-refractivity contribution in [1.82, 2.24) is 4.98 Å². The summed E-state index contributed by atoms with van der Waals surface area (Å²) >= 11 is 3.37. The highest BCUT2D eigenvalue weighted by Crippen LogP contribution is 2.39. The van der Waals surface area contributed by atoms with E-state index in [-0.39, 0.29) is 5.69 Å². The Morgan fingerprint density at radius 3 is 2.03 bits per heavy atom. The number of fused-ring (bicyclic) bond motifs is 1. The Labute approximate surface area is 182 Å². The van der Waals surface area contributed by atoms with Crippen molar-refractivity contribution in [1.29, 1.82) is 0 Å². The van der Waals surface area contributed by atoms with Crippen LogP contribution in [0.1, 0.15) is 21.6 Å². The van der Waals surface area contributed by atoms with E-state index in [1.807, 2.05) is 72.8 Å². The number of aromatic carboxylic acids is 1. The minimum atomic E-state index is -1.15. The van der Waals surface area contributed by atoms with Crippen LogP contribution in [0.5, 0.6) is 11.5 Å². The number of nitrogens with zero attached hydrogens (tertiary/aromatic N) is 1. The molecule has 150 valence electrons. The normalized spacial score (nSPS) is 10.7. The summed E-state index contributed by atoms with van der Waals surface area (Å²) in [6.45, 7) is 0.646. The number of carboxylic acid groups (broad SMARTS) is 1. The molecule has 0 fully saturated rings. The number of pyridine rings is 1. The molecule has 4 aromatic rings. The van der Waals surface area contributed by atoms with Crippen LogP contribution in [0.3, 0.4) is 0 Å². The van der Waals surface area contributed by atoms with Crippen molar-refractivity contribution in [2.75, 3.05) is 0 Å². The summed E-state index contributed by atoms with van der Waals surface area (Å²) in [6, 6.07) is 24.9. The lowest BCUT2D eigenvalue weighted by Gasteiger charge is -2.15. The minimum absolute atomic E-state index is 0.124. The molecule has 0 radical (unpaired) electrons. The van der Waals surface area contributed by atoms with E-state index in [1.165, 1.54) is 0 Å². The molecule has 1 N–H and O–H groups in total. The van der Waals surface area contributed by atoms with Crippen molar-refractivity contribution in [3.05, 3.63) is 100 Å². The van der Waals surface area contributed by atoms with Gasteiger partial charge in [-0.2, -0.15) is 0 Å². The lowest BCUT2D eigenvalue weighted by Crippen LogP contribution is -2.07. The molecule has 5 nitrogen and oxygen atoms in total. The van der Waals surface area contributed by atoms with Gasteiger partial charge in [-0.05, 0) is 39.2 Å². The number of halogens is 1. The number of para-hydroxylation sites is 1. The summed E-state index contributed by atoms with van der Waals surface area (Å²) in [5.41, 5.74) is 2.30. The number of benzene rings is 3. The Morgan fingerprint density at radius 1 is 0.833 bits per heavy atom. The van der Waals surface area contributed by atoms with E-state index in [9.17, 15) is 9.90 Å². The van der Waals surface area contributed by atoms with Gasteiger partial charge in [0.15, 0.2) is 5.69 Å². The van der Waals surface area contributed by atoms with Crippen molar-refractivity contribution < 1.29 is 19.4 Å². The zero-order valence-corrected chi connectivity index (χ0v) is 17.5. The van der Waals surface area contributed by atoms with Gasteiger partial charge >= 0.3 is 5.97 Å². The molecular formula is C24H18BrNO4. The second-order valence-electron chi connectivity index (χ2n) is 6.61. The topological polar surface area (TPSA) is 68.7 Å². The van der Waals surface area contributed by atoms with Gasteiger partial charge in [-0.25, -0.2) is 9.78 Å². The molecule has 0 bridgehead atoms. The molecule has 4 rings (SSSR count). The Kier molecular flexibility index (Phi) is 5.95. The largest absolute Gasteiger partial charge is 0.487 e. The predicted molar refractivity (Wildman–Crippen MR) is 118 cm³/mol. The molecule has 0 saturated heterocycles. The first-order valence-corrected chi connectivity index (χ1v) is 10.1. The first-order chi connectivity index (χ1) is 14.6. The molecule has 0 atom stereocenters. The van der Waals surface area contributed by atoms with Gasteiger partial charge in [0.2, 0.25) is 0 Å². The van der Waals surface area contributed by atoms with Crippen molar-refractivity contribution in [2.45, 2.75) is 13.2 Å². The highest BCUT2D eigenvalue weighted by molar-refractivity contribution is 9.10. The Balaban J connectivity index is 1.74. The van der Waals surface area contributed by atoms with Gasteiger partial charge in [-0.1, -0.05) is 66.7 Å². The van der Waals surface area contributed by atoms with Crippen molar-refractivity contribution >= 4 is 32.8 Å². The van der Waals surface area contributed by atoms with E-state index in [2.05, 4.69) is 20.9 Å². The number of carboxylic acids is 1. The molecule has 0 aliphatic heterocycles. The van der Waals surface area contributed by atoms with E-state index < -0.39 is 5.97 Å². The van der Waals surface area contributed by atoms with Gasteiger partial charge in [-0.3, -0.25) is 0 Å². The smallest absolute Gasteiger partial charge is 0.355 e. The van der Waals surface area contributed by atoms with E-state index in [0.717, 1.165) is 11.1 Å². The monoisotopic (exact) mass is 463 g/mol. The molecule has 0 amide bonds. The Bertz CT molecular complexity index is 1180. The van der Waals surface area contributed by atoms with Crippen molar-refractivity contribution in [3.8, 4) is 11.5 Å². The molecule has 0 saturated carbocycles. The summed E-state index contributed by atoms with van der Waals surface area (Å²) in [5, 5.41) is 10.3. The van der Waals surface area contributed by atoms with Crippen LogP contribution < -0.4 is 9.47 Å². The van der Waals surface area contributed by atoms with Gasteiger partial charge in [0.1, 0.15) is 30.2 Å². The fourth-order valence-electron chi connectivity index (χ4n) is 3.07. The standard InChI is InChI=1S/C24H18BrNO4/c25-20-22(24(27)28)26-21-18(23(20)30-15-17-10-5-2-6-11-17)12-7-13-19(21)29-14-16-8-3-1-4-9-16/h1-13H,14-15H2,(H,27,28). The van der Waals surface area contributed by atoms with Crippen LogP contribution in [0.15, 0.2) is 83.3 Å². The maximum absolute atomic E-state index is 11.8. The lowest BCUT2D eigenvalue weighted by molar-refractivity contribution is 0.0689. The molecule has 30 heavy (non-hydrogen) atoms. The molecule has 0 aliphatic rings. The fraction of sp³-hybridized carbons (Fsp3) is 0.0833. The summed E-state index contributed by atoms with van der Waals surface area (Å²) < 4.78 is 12.3. The molecule has 1 heterocycles. The van der Waals surface area contributed by atoms with E-state index in [4.69, 9.17) is 9.47 Å². The van der Waals surface area contributed by atoms with Crippen LogP contribution >= 0.6 is 15.9 Å². The van der Waals surface area contributed by atoms with Gasteiger partial charge in [0.25, 0.3) is 0 Å². The van der Waals surface area contributed by atoms with Crippen LogP contribution in [-0.2, 0) is 13.2 Å². The maximum Gasteiger partial charge on any atom is 0.355 e. The third kappa shape index (κ3) is 4.28. The van der Waals surface area contributed by atoms with E-state index in [1.54, 1.807) is 6.07 Å². The number of aromatic nitrogens is 1. The molecule has 0 unspecified atom stereocenters. The molecule has 0 spiro atoms. The van der Waals surface area contributed by atoms with Crippen LogP contribution in [-0.4, -0.2) is 16.1 Å². The average Bonchev–Trinajstić information content (AvgIpc) is 2.78. The van der Waals surface area contributed by atoms with Crippen molar-refractivity contribution in [2.24, 2.45) is 0 Å². The van der Waals surface area contributed by atoms with Crippen LogP contribution in [0.25, 0.3) is 10.9 Å². The van der Waals surface area contributed by atoms with Crippen LogP contribution in [0.2, 0.25) is 0 Å². The third-order valence-electron chi connectivity index (χ3n) is 4.54. The van der Waals surface area contributed by atoms with E-state index >= 15 is 0 Å². The summed E-state index contributed by atoms with van der Waals surface area (Å²) in [4.78, 5) is 16.1. The zero-order valence-electron chi connectivity index (χ0n) is 15.9. The lowest BCUT2D eigenvalue weighted by atomic mass is 10.1. The average molecular weight is 464 g/mol. The number of ether oxygens (including phenoxy) is 2. The second kappa shape index (κ2) is 8.97. The molecular weight excluding hydrogens is 446 g/mol. The van der Waals surface area contributed by atoms with Crippen LogP contribution in [0, 0.1) is 0 Å². The van der Waals surface area contributed by atoms with Gasteiger partial charge in [0, 0.05) is 5.39 Å². The minimum Gasteiger partial charge on any atom is -0.487 e. The molecule has 6 heteroatoms. The van der Waals surface area contributed by atoms with Crippen LogP contribution in [0.4, 0.5) is 0 Å². The predicted octanol–water partition coefficient (Wildman–Crippen LogP) is 5.85. The highest BCUT2D eigenvalue weighted by atomic mass is 79.9. The molecule has 0 aliphatic carbocycles. The summed E-state index contributed by atoms with van der Waals surface area (Å²) in [7, 11) is 0. The third-order valence-corrected chi connectivity index (χ3v) is 5.28. The first kappa shape index (κ1) is 19.9. The number of carbonyl (C=O) groups is 1. The van der Waals surface area contributed by atoms with E-state index in [0.29, 0.717) is 40.1 Å². The number of hydrogen-bond acceptors (Lipinski definition) is 4. The first-order valence-electron chi connectivity index (χ1n) is 9.32. The van der Waals surface area contributed by atoms with Crippen molar-refractivity contribution in [3.63, 3.8) is 0 Å². The Morgan fingerprint density at radius 2 is 1.43 bits per heavy atom. The summed E-state index contributed by atoms with van der Waals surface area (Å²) in [5.74, 6) is -0.228. The zero-order chi connectivity index (χ0) is 20.9. The summed E-state index contributed by atoms with van der Waals surface area (Å²) in [6.07, 6.45) is 0. The highest BCUT2D eigenvalue weighted by Gasteiger charge is 2.21. The van der Waals surface area contributed by atoms with Gasteiger partial charge in [-0.15, -0.1) is 0 Å². The Hall–Kier alpha value is -3.38. The molecule has 1 aromatic heterocycles. The number of rotatable bonds is 7. The second-order valence-corrected chi connectivity index (χ2v) is 7.40. The quantitative estimate of drug-likeness (QED) is 0.372. The van der Waals surface area contributed by atoms with Gasteiger partial charge < -0.3 is 14.6 Å². The fourth-order valence-corrected chi connectivity index (χ4v) is 3.66. The SMILES string of the molecule is O=C(O)c1nc2c(OCc3ccccc3)cccc2c(OCc2ccccc2)c1Br. The van der Waals surface area contributed by atoms with Gasteiger partial charge in [0.05, 0.1) is 4.47 Å².